The zero-order valence-electron chi connectivity index (χ0n) is 11.3. The summed E-state index contributed by atoms with van der Waals surface area (Å²) in [5.41, 5.74) is 0.408. The van der Waals surface area contributed by atoms with Gasteiger partial charge in [-0.15, -0.1) is 0 Å². The smallest absolute Gasteiger partial charge is 0.129 e. The van der Waals surface area contributed by atoms with Crippen molar-refractivity contribution >= 4 is 5.78 Å². The third-order valence-corrected chi connectivity index (χ3v) is 3.87. The largest absolute Gasteiger partial charge is 0.305 e. The number of carbonyl (C=O) groups is 1. The highest BCUT2D eigenvalue weighted by atomic mass is 16.1. The first-order chi connectivity index (χ1) is 7.46. The summed E-state index contributed by atoms with van der Waals surface area (Å²) in [5, 5.41) is 0. The normalized spacial score (nSPS) is 18.9. The second-order valence-corrected chi connectivity index (χ2v) is 5.52. The second-order valence-electron chi connectivity index (χ2n) is 5.52. The van der Waals surface area contributed by atoms with Crippen LogP contribution in [0.4, 0.5) is 0 Å². The summed E-state index contributed by atoms with van der Waals surface area (Å²) in [6.45, 7) is 3.85. The third-order valence-electron chi connectivity index (χ3n) is 3.87. The zero-order chi connectivity index (χ0) is 12.2. The van der Waals surface area contributed by atoms with E-state index in [0.29, 0.717) is 11.3 Å². The number of rotatable bonds is 7. The van der Waals surface area contributed by atoms with Crippen molar-refractivity contribution in [3.05, 3.63) is 0 Å². The molecule has 1 aliphatic carbocycles. The Morgan fingerprint density at radius 1 is 1.25 bits per heavy atom. The molecular formula is C13H26N2O. The van der Waals surface area contributed by atoms with E-state index in [1.54, 1.807) is 6.92 Å². The fourth-order valence-electron chi connectivity index (χ4n) is 2.51. The van der Waals surface area contributed by atoms with Crippen LogP contribution in [0.25, 0.3) is 0 Å². The number of carbonyl (C=O) groups excluding carboxylic acids is 1. The van der Waals surface area contributed by atoms with Crippen LogP contribution in [0, 0.1) is 0 Å². The lowest BCUT2D eigenvalue weighted by Crippen LogP contribution is -2.56. The van der Waals surface area contributed by atoms with Gasteiger partial charge in [0, 0.05) is 18.5 Å². The molecule has 3 nitrogen and oxygen atoms in total. The zero-order valence-corrected chi connectivity index (χ0v) is 11.3. The Hall–Kier alpha value is -0.410. The molecule has 0 amide bonds. The van der Waals surface area contributed by atoms with Crippen molar-refractivity contribution in [1.82, 2.24) is 9.80 Å². The lowest BCUT2D eigenvalue weighted by atomic mass is 9.75. The van der Waals surface area contributed by atoms with Crippen molar-refractivity contribution in [3.63, 3.8) is 0 Å². The van der Waals surface area contributed by atoms with Crippen molar-refractivity contribution in [2.45, 2.75) is 44.6 Å². The van der Waals surface area contributed by atoms with Crippen molar-refractivity contribution in [2.24, 2.45) is 0 Å². The maximum Gasteiger partial charge on any atom is 0.129 e. The Kier molecular flexibility index (Phi) is 4.93. The molecule has 1 fully saturated rings. The highest BCUT2D eigenvalue weighted by molar-refractivity contribution is 5.75. The fourth-order valence-corrected chi connectivity index (χ4v) is 2.51. The van der Waals surface area contributed by atoms with E-state index in [1.807, 2.05) is 0 Å². The summed E-state index contributed by atoms with van der Waals surface area (Å²) >= 11 is 0. The molecule has 0 spiro atoms. The topological polar surface area (TPSA) is 23.6 Å². The van der Waals surface area contributed by atoms with Gasteiger partial charge < -0.3 is 14.6 Å². The molecule has 3 heteroatoms. The molecule has 94 valence electrons. The molecule has 0 unspecified atom stereocenters. The van der Waals surface area contributed by atoms with E-state index < -0.39 is 0 Å². The monoisotopic (exact) mass is 226 g/mol. The molecule has 0 aliphatic heterocycles. The lowest BCUT2D eigenvalue weighted by molar-refractivity contribution is -0.117. The van der Waals surface area contributed by atoms with Gasteiger partial charge in [0.15, 0.2) is 0 Å². The van der Waals surface area contributed by atoms with Gasteiger partial charge in [0.25, 0.3) is 0 Å². The van der Waals surface area contributed by atoms with Gasteiger partial charge in [-0.25, -0.2) is 0 Å². The van der Waals surface area contributed by atoms with E-state index in [9.17, 15) is 4.79 Å². The van der Waals surface area contributed by atoms with Gasteiger partial charge in [0.05, 0.1) is 0 Å². The number of nitrogens with zero attached hydrogens (tertiary/aromatic N) is 2. The molecule has 0 aromatic heterocycles. The first-order valence-electron chi connectivity index (χ1n) is 6.32. The molecule has 1 rings (SSSR count). The molecule has 0 radical (unpaired) electrons. The predicted octanol–water partition coefficient (Wildman–Crippen LogP) is 1.77. The second kappa shape index (κ2) is 5.78. The van der Waals surface area contributed by atoms with Crippen molar-refractivity contribution in [3.8, 4) is 0 Å². The minimum absolute atomic E-state index is 0.305. The average Bonchev–Trinajstić information content (AvgIpc) is 2.10. The summed E-state index contributed by atoms with van der Waals surface area (Å²) in [6, 6.07) is 0. The van der Waals surface area contributed by atoms with Gasteiger partial charge in [-0.1, -0.05) is 0 Å². The standard InChI is InChI=1S/C13H26N2O/c1-12(16)7-5-10-15(4)11-13(14(2)3)8-6-9-13/h5-11H2,1-4H3. The maximum absolute atomic E-state index is 10.9. The summed E-state index contributed by atoms with van der Waals surface area (Å²) in [4.78, 5) is 15.6. The summed E-state index contributed by atoms with van der Waals surface area (Å²) < 4.78 is 0. The van der Waals surface area contributed by atoms with E-state index in [-0.39, 0.29) is 0 Å². The van der Waals surface area contributed by atoms with Crippen LogP contribution in [0.1, 0.15) is 39.0 Å². The minimum atomic E-state index is 0.305. The molecule has 0 saturated heterocycles. The van der Waals surface area contributed by atoms with Gasteiger partial charge in [0.1, 0.15) is 5.78 Å². The van der Waals surface area contributed by atoms with Crippen LogP contribution in [0.3, 0.4) is 0 Å². The van der Waals surface area contributed by atoms with Crippen LogP contribution in [0.15, 0.2) is 0 Å². The van der Waals surface area contributed by atoms with Gasteiger partial charge in [-0.3, -0.25) is 0 Å². The molecule has 1 aliphatic rings. The molecule has 0 atom stereocenters. The van der Waals surface area contributed by atoms with Crippen molar-refractivity contribution < 1.29 is 4.79 Å². The number of ketones is 1. The molecule has 0 heterocycles. The van der Waals surface area contributed by atoms with Crippen LogP contribution >= 0.6 is 0 Å². The number of Topliss-reactive ketones (excluding diaryl/α,β-unsaturated/α-hetero) is 1. The predicted molar refractivity (Wildman–Crippen MR) is 67.7 cm³/mol. The number of likely N-dealkylation sites (N-methyl/N-ethyl adjacent to an activating group) is 2. The van der Waals surface area contributed by atoms with E-state index in [2.05, 4.69) is 30.9 Å². The van der Waals surface area contributed by atoms with Crippen LogP contribution in [0.5, 0.6) is 0 Å². The van der Waals surface area contributed by atoms with Gasteiger partial charge in [0.2, 0.25) is 0 Å². The van der Waals surface area contributed by atoms with E-state index in [1.165, 1.54) is 19.3 Å². The molecular weight excluding hydrogens is 200 g/mol. The Morgan fingerprint density at radius 2 is 1.88 bits per heavy atom. The SMILES string of the molecule is CC(=O)CCCN(C)CC1(N(C)C)CCC1. The first kappa shape index (κ1) is 13.7. The fraction of sp³-hybridized carbons (Fsp3) is 0.923. The Morgan fingerprint density at radius 3 is 2.25 bits per heavy atom. The quantitative estimate of drug-likeness (QED) is 0.661. The third kappa shape index (κ3) is 3.56. The van der Waals surface area contributed by atoms with Crippen LogP contribution < -0.4 is 0 Å². The molecule has 0 aromatic rings. The Balaban J connectivity index is 2.27. The Bertz CT molecular complexity index is 234. The summed E-state index contributed by atoms with van der Waals surface area (Å²) in [5.74, 6) is 0.305. The summed E-state index contributed by atoms with van der Waals surface area (Å²) in [6.07, 6.45) is 5.71. The number of hydrogen-bond donors (Lipinski definition) is 0. The molecule has 0 aromatic carbocycles. The first-order valence-corrected chi connectivity index (χ1v) is 6.32. The summed E-state index contributed by atoms with van der Waals surface area (Å²) in [7, 11) is 6.54. The number of hydrogen-bond acceptors (Lipinski definition) is 3. The highest BCUT2D eigenvalue weighted by Gasteiger charge is 2.39. The molecule has 0 bridgehead atoms. The van der Waals surface area contributed by atoms with E-state index in [4.69, 9.17) is 0 Å². The van der Waals surface area contributed by atoms with Crippen LogP contribution in [0.2, 0.25) is 0 Å². The van der Waals surface area contributed by atoms with Gasteiger partial charge in [-0.2, -0.15) is 0 Å². The van der Waals surface area contributed by atoms with Crippen LogP contribution in [-0.4, -0.2) is 55.4 Å². The maximum atomic E-state index is 10.9. The van der Waals surface area contributed by atoms with Gasteiger partial charge in [-0.05, 0) is 60.3 Å². The van der Waals surface area contributed by atoms with Crippen LogP contribution in [-0.2, 0) is 4.79 Å². The van der Waals surface area contributed by atoms with E-state index in [0.717, 1.165) is 25.9 Å². The molecule has 16 heavy (non-hydrogen) atoms. The molecule has 0 N–H and O–H groups in total. The van der Waals surface area contributed by atoms with Crippen molar-refractivity contribution in [1.29, 1.82) is 0 Å². The van der Waals surface area contributed by atoms with Gasteiger partial charge >= 0.3 is 0 Å². The average molecular weight is 226 g/mol. The highest BCUT2D eigenvalue weighted by Crippen LogP contribution is 2.36. The lowest BCUT2D eigenvalue weighted by Gasteiger charge is -2.49. The Labute approximate surface area is 99.8 Å². The molecule has 1 saturated carbocycles. The minimum Gasteiger partial charge on any atom is -0.305 e. The van der Waals surface area contributed by atoms with E-state index >= 15 is 0 Å². The van der Waals surface area contributed by atoms with Crippen molar-refractivity contribution in [2.75, 3.05) is 34.2 Å².